The summed E-state index contributed by atoms with van der Waals surface area (Å²) in [6.07, 6.45) is 9.52. The minimum absolute atomic E-state index is 0.983. The van der Waals surface area contributed by atoms with Crippen LogP contribution in [0, 0.1) is 0 Å². The Labute approximate surface area is 91.2 Å². The van der Waals surface area contributed by atoms with E-state index in [1.807, 2.05) is 0 Å². The van der Waals surface area contributed by atoms with Crippen LogP contribution in [-0.2, 0) is 0 Å². The monoisotopic (exact) mass is 244 g/mol. The molecule has 0 unspecified atom stereocenters. The Morgan fingerprint density at radius 3 is 2.23 bits per heavy atom. The highest BCUT2D eigenvalue weighted by molar-refractivity contribution is 9.09. The lowest BCUT2D eigenvalue weighted by Crippen LogP contribution is -1.79. The molecule has 0 amide bonds. The van der Waals surface area contributed by atoms with Crippen LogP contribution in [0.15, 0.2) is 23.3 Å². The molecule has 0 radical (unpaired) electrons. The number of hydrogen-bond acceptors (Lipinski definition) is 0. The molecule has 0 saturated carbocycles. The summed E-state index contributed by atoms with van der Waals surface area (Å²) in [6, 6.07) is 0. The van der Waals surface area contributed by atoms with E-state index in [1.165, 1.54) is 36.8 Å². The Balaban J connectivity index is 3.65. The van der Waals surface area contributed by atoms with E-state index in [4.69, 9.17) is 0 Å². The largest absolute Gasteiger partial charge is 0.0883 e. The zero-order valence-corrected chi connectivity index (χ0v) is 10.7. The van der Waals surface area contributed by atoms with Gasteiger partial charge in [0.1, 0.15) is 0 Å². The van der Waals surface area contributed by atoms with Crippen LogP contribution in [-0.4, -0.2) is 5.33 Å². The van der Waals surface area contributed by atoms with E-state index in [9.17, 15) is 0 Å². The molecule has 0 aliphatic carbocycles. The first kappa shape index (κ1) is 13.0. The van der Waals surface area contributed by atoms with Crippen molar-refractivity contribution in [3.63, 3.8) is 0 Å². The fourth-order valence-corrected chi connectivity index (χ4v) is 1.83. The van der Waals surface area contributed by atoms with Gasteiger partial charge in [-0.05, 0) is 33.1 Å². The topological polar surface area (TPSA) is 0 Å². The van der Waals surface area contributed by atoms with E-state index in [0.717, 1.165) is 5.33 Å². The minimum atomic E-state index is 0.983. The van der Waals surface area contributed by atoms with Gasteiger partial charge in [-0.3, -0.25) is 0 Å². The summed E-state index contributed by atoms with van der Waals surface area (Å²) in [5.74, 6) is 0. The van der Waals surface area contributed by atoms with Crippen molar-refractivity contribution in [1.29, 1.82) is 0 Å². The summed E-state index contributed by atoms with van der Waals surface area (Å²) in [4.78, 5) is 0. The van der Waals surface area contributed by atoms with E-state index in [0.29, 0.717) is 0 Å². The Bertz CT molecular complexity index is 178. The quantitative estimate of drug-likeness (QED) is 0.463. The normalized spacial score (nSPS) is 13.5. The zero-order chi connectivity index (χ0) is 10.1. The first-order chi connectivity index (χ1) is 6.20. The second kappa shape index (κ2) is 8.55. The molecule has 0 N–H and O–H groups in total. The van der Waals surface area contributed by atoms with Gasteiger partial charge in [-0.15, -0.1) is 0 Å². The van der Waals surface area contributed by atoms with Crippen molar-refractivity contribution in [3.05, 3.63) is 23.3 Å². The summed E-state index contributed by atoms with van der Waals surface area (Å²) in [5, 5.41) is 0.983. The van der Waals surface area contributed by atoms with Gasteiger partial charge in [-0.2, -0.15) is 0 Å². The molecular formula is C12H21Br. The molecule has 13 heavy (non-hydrogen) atoms. The maximum Gasteiger partial charge on any atom is 0.0214 e. The third kappa shape index (κ3) is 8.29. The molecule has 0 fully saturated rings. The fraction of sp³-hybridized carbons (Fsp3) is 0.667. The van der Waals surface area contributed by atoms with Crippen LogP contribution < -0.4 is 0 Å². The second-order valence-electron chi connectivity index (χ2n) is 3.54. The SMILES string of the molecule is CCC/C(C)=C/CC/C(C)=C/CBr. The van der Waals surface area contributed by atoms with Gasteiger partial charge in [-0.25, -0.2) is 0 Å². The zero-order valence-electron chi connectivity index (χ0n) is 9.07. The van der Waals surface area contributed by atoms with E-state index in [2.05, 4.69) is 48.9 Å². The van der Waals surface area contributed by atoms with Gasteiger partial charge in [-0.1, -0.05) is 52.6 Å². The molecule has 76 valence electrons. The predicted molar refractivity (Wildman–Crippen MR) is 65.5 cm³/mol. The number of alkyl halides is 1. The molecule has 0 bridgehead atoms. The van der Waals surface area contributed by atoms with Crippen molar-refractivity contribution in [2.24, 2.45) is 0 Å². The average molecular weight is 245 g/mol. The molecule has 0 rings (SSSR count). The van der Waals surface area contributed by atoms with Gasteiger partial charge in [0.25, 0.3) is 0 Å². The van der Waals surface area contributed by atoms with E-state index in [1.54, 1.807) is 0 Å². The fourth-order valence-electron chi connectivity index (χ4n) is 1.28. The average Bonchev–Trinajstić information content (AvgIpc) is 2.05. The van der Waals surface area contributed by atoms with Crippen LogP contribution >= 0.6 is 15.9 Å². The molecule has 0 aliphatic heterocycles. The van der Waals surface area contributed by atoms with E-state index in [-0.39, 0.29) is 0 Å². The highest BCUT2D eigenvalue weighted by Crippen LogP contribution is 2.09. The number of rotatable bonds is 6. The molecule has 0 aromatic carbocycles. The summed E-state index contributed by atoms with van der Waals surface area (Å²) in [7, 11) is 0. The van der Waals surface area contributed by atoms with Crippen LogP contribution in [0.1, 0.15) is 46.5 Å². The van der Waals surface area contributed by atoms with Crippen molar-refractivity contribution in [2.45, 2.75) is 46.5 Å². The Morgan fingerprint density at radius 2 is 1.69 bits per heavy atom. The Kier molecular flexibility index (Phi) is 8.53. The molecule has 0 aliphatic rings. The highest BCUT2D eigenvalue weighted by Gasteiger charge is 1.89. The highest BCUT2D eigenvalue weighted by atomic mass is 79.9. The maximum absolute atomic E-state index is 3.40. The van der Waals surface area contributed by atoms with Crippen molar-refractivity contribution >= 4 is 15.9 Å². The van der Waals surface area contributed by atoms with Crippen molar-refractivity contribution < 1.29 is 0 Å². The maximum atomic E-state index is 3.40. The van der Waals surface area contributed by atoms with Crippen molar-refractivity contribution in [2.75, 3.05) is 5.33 Å². The number of allylic oxidation sites excluding steroid dienone is 4. The first-order valence-electron chi connectivity index (χ1n) is 5.08. The lowest BCUT2D eigenvalue weighted by molar-refractivity contribution is 0.881. The summed E-state index contributed by atoms with van der Waals surface area (Å²) in [6.45, 7) is 6.66. The molecule has 0 aromatic heterocycles. The van der Waals surface area contributed by atoms with Gasteiger partial charge in [0, 0.05) is 5.33 Å². The third-order valence-electron chi connectivity index (χ3n) is 2.10. The third-order valence-corrected chi connectivity index (χ3v) is 2.43. The van der Waals surface area contributed by atoms with Crippen LogP contribution in [0.4, 0.5) is 0 Å². The summed E-state index contributed by atoms with van der Waals surface area (Å²) >= 11 is 3.40. The lowest BCUT2D eigenvalue weighted by atomic mass is 10.1. The summed E-state index contributed by atoms with van der Waals surface area (Å²) < 4.78 is 0. The van der Waals surface area contributed by atoms with Gasteiger partial charge in [0.05, 0.1) is 0 Å². The van der Waals surface area contributed by atoms with Gasteiger partial charge in [0.15, 0.2) is 0 Å². The molecule has 1 heteroatoms. The van der Waals surface area contributed by atoms with Gasteiger partial charge in [0.2, 0.25) is 0 Å². The van der Waals surface area contributed by atoms with E-state index >= 15 is 0 Å². The minimum Gasteiger partial charge on any atom is -0.0883 e. The van der Waals surface area contributed by atoms with Crippen LogP contribution in [0.5, 0.6) is 0 Å². The molecule has 0 spiro atoms. The second-order valence-corrected chi connectivity index (χ2v) is 4.19. The first-order valence-corrected chi connectivity index (χ1v) is 6.20. The van der Waals surface area contributed by atoms with Crippen LogP contribution in [0.3, 0.4) is 0 Å². The standard InChI is InChI=1S/C12H21Br/c1-4-6-11(2)7-5-8-12(3)9-10-13/h7,9H,4-6,8,10H2,1-3H3/b11-7+,12-9+. The molecule has 0 saturated heterocycles. The van der Waals surface area contributed by atoms with Crippen LogP contribution in [0.2, 0.25) is 0 Å². The molecule has 0 nitrogen and oxygen atoms in total. The van der Waals surface area contributed by atoms with Crippen molar-refractivity contribution in [1.82, 2.24) is 0 Å². The number of hydrogen-bond donors (Lipinski definition) is 0. The van der Waals surface area contributed by atoms with E-state index < -0.39 is 0 Å². The Morgan fingerprint density at radius 1 is 1.08 bits per heavy atom. The smallest absolute Gasteiger partial charge is 0.0214 e. The van der Waals surface area contributed by atoms with Crippen LogP contribution in [0.25, 0.3) is 0 Å². The summed E-state index contributed by atoms with van der Waals surface area (Å²) in [5.41, 5.74) is 3.02. The molecular weight excluding hydrogens is 224 g/mol. The van der Waals surface area contributed by atoms with Crippen molar-refractivity contribution in [3.8, 4) is 0 Å². The van der Waals surface area contributed by atoms with Gasteiger partial charge < -0.3 is 0 Å². The Hall–Kier alpha value is -0.0400. The predicted octanol–water partition coefficient (Wildman–Crippen LogP) is 4.85. The number of halogens is 1. The molecule has 0 heterocycles. The van der Waals surface area contributed by atoms with Gasteiger partial charge >= 0.3 is 0 Å². The molecule has 0 aromatic rings. The lowest BCUT2D eigenvalue weighted by Gasteiger charge is -1.99. The molecule has 0 atom stereocenters.